The second-order valence-corrected chi connectivity index (χ2v) is 13.4. The molecule has 264 valence electrons. The lowest BCUT2D eigenvalue weighted by Gasteiger charge is -2.26. The molecule has 0 saturated heterocycles. The van der Waals surface area contributed by atoms with Crippen LogP contribution in [0.5, 0.6) is 11.5 Å². The van der Waals surface area contributed by atoms with Crippen LogP contribution in [0, 0.1) is 0 Å². The van der Waals surface area contributed by atoms with Crippen molar-refractivity contribution in [2.45, 2.75) is 23.6 Å². The van der Waals surface area contributed by atoms with Crippen LogP contribution < -0.4 is 14.5 Å². The predicted molar refractivity (Wildman–Crippen MR) is 231 cm³/mol. The lowest BCUT2D eigenvalue weighted by molar-refractivity contribution is 0.455. The molecule has 7 aromatic carbocycles. The summed E-state index contributed by atoms with van der Waals surface area (Å²) >= 11 is 1.74. The van der Waals surface area contributed by atoms with Gasteiger partial charge in [0, 0.05) is 34.1 Å². The summed E-state index contributed by atoms with van der Waals surface area (Å²) in [5.41, 5.74) is 10.8. The van der Waals surface area contributed by atoms with Crippen molar-refractivity contribution < 1.29 is 4.74 Å². The number of anilines is 5. The minimum absolute atomic E-state index is 0.863. The van der Waals surface area contributed by atoms with Gasteiger partial charge >= 0.3 is 0 Å². The summed E-state index contributed by atoms with van der Waals surface area (Å²) < 4.78 is 6.61. The Morgan fingerprint density at radius 1 is 0.481 bits per heavy atom. The third-order valence-electron chi connectivity index (χ3n) is 9.04. The Balaban J connectivity index is 0.00000221. The average Bonchev–Trinajstić information content (AvgIpc) is 3.25. The van der Waals surface area contributed by atoms with Gasteiger partial charge in [-0.25, -0.2) is 0 Å². The molecule has 0 unspecified atom stereocenters. The predicted octanol–water partition coefficient (Wildman–Crippen LogP) is 15.2. The van der Waals surface area contributed by atoms with E-state index in [-0.39, 0.29) is 0 Å². The molecule has 54 heavy (non-hydrogen) atoms. The Bertz CT molecular complexity index is 2330. The van der Waals surface area contributed by atoms with E-state index < -0.39 is 0 Å². The summed E-state index contributed by atoms with van der Waals surface area (Å²) in [6, 6.07) is 61.5. The maximum atomic E-state index is 6.61. The Morgan fingerprint density at radius 2 is 0.870 bits per heavy atom. The molecule has 0 amide bonds. The normalized spacial score (nSPS) is 11.5. The van der Waals surface area contributed by atoms with Crippen molar-refractivity contribution in [2.75, 3.05) is 9.80 Å². The molecule has 1 aliphatic rings. The molecule has 4 heteroatoms. The fourth-order valence-electron chi connectivity index (χ4n) is 6.53. The first kappa shape index (κ1) is 35.9. The van der Waals surface area contributed by atoms with Crippen molar-refractivity contribution in [3.05, 3.63) is 213 Å². The molecule has 0 aromatic heterocycles. The standard InChI is InChI=1S/C48H36N2OS.C2H6/c1-3-14-39(4-2)49(40-15-8-5-9-16-40)43-27-21-35(22-28-43)37-25-31-47-45(33-37)51-46-34-38(26-32-48(46)52-47)36-23-29-44(30-24-36)50(41-17-10-6-11-18-41)42-19-12-7-13-20-42;1-2/h3-34H,1-2H2;1-2H3/b39-14+;. The van der Waals surface area contributed by atoms with Crippen LogP contribution in [0.25, 0.3) is 22.3 Å². The maximum absolute atomic E-state index is 6.61. The van der Waals surface area contributed by atoms with E-state index in [1.807, 2.05) is 56.3 Å². The van der Waals surface area contributed by atoms with Crippen LogP contribution in [-0.2, 0) is 0 Å². The second kappa shape index (κ2) is 16.9. The van der Waals surface area contributed by atoms with Gasteiger partial charge in [-0.1, -0.05) is 136 Å². The first-order valence-electron chi connectivity index (χ1n) is 18.2. The summed E-state index contributed by atoms with van der Waals surface area (Å²) in [5, 5.41) is 0. The summed E-state index contributed by atoms with van der Waals surface area (Å²) in [6.45, 7) is 12.0. The topological polar surface area (TPSA) is 15.7 Å². The number of hydrogen-bond donors (Lipinski definition) is 0. The van der Waals surface area contributed by atoms with Crippen molar-refractivity contribution in [3.8, 4) is 33.8 Å². The molecule has 0 atom stereocenters. The molecule has 0 spiro atoms. The van der Waals surface area contributed by atoms with Crippen molar-refractivity contribution in [1.82, 2.24) is 0 Å². The smallest absolute Gasteiger partial charge is 0.142 e. The fraction of sp³-hybridized carbons (Fsp3) is 0.0400. The number of hydrogen-bond acceptors (Lipinski definition) is 4. The van der Waals surface area contributed by atoms with Gasteiger partial charge in [0.2, 0.25) is 0 Å². The zero-order valence-corrected chi connectivity index (χ0v) is 31.4. The van der Waals surface area contributed by atoms with Crippen LogP contribution in [0.1, 0.15) is 13.8 Å². The number of benzene rings is 7. The van der Waals surface area contributed by atoms with Crippen LogP contribution in [0.3, 0.4) is 0 Å². The molecular weight excluding hydrogens is 677 g/mol. The number of fused-ring (bicyclic) bond motifs is 2. The first-order valence-corrected chi connectivity index (χ1v) is 19.1. The molecule has 0 aliphatic carbocycles. The highest BCUT2D eigenvalue weighted by molar-refractivity contribution is 7.99. The summed E-state index contributed by atoms with van der Waals surface area (Å²) in [5.74, 6) is 1.73. The zero-order chi connectivity index (χ0) is 37.3. The van der Waals surface area contributed by atoms with Gasteiger partial charge < -0.3 is 14.5 Å². The maximum Gasteiger partial charge on any atom is 0.142 e. The van der Waals surface area contributed by atoms with Gasteiger partial charge in [-0.05, 0) is 119 Å². The zero-order valence-electron chi connectivity index (χ0n) is 30.6. The highest BCUT2D eigenvalue weighted by atomic mass is 32.2. The number of rotatable bonds is 10. The Kier molecular flexibility index (Phi) is 11.2. The minimum Gasteiger partial charge on any atom is -0.455 e. The number of para-hydroxylation sites is 3. The van der Waals surface area contributed by atoms with E-state index >= 15 is 0 Å². The molecule has 0 N–H and O–H groups in total. The van der Waals surface area contributed by atoms with Gasteiger partial charge in [0.1, 0.15) is 11.5 Å². The van der Waals surface area contributed by atoms with E-state index in [1.165, 1.54) is 0 Å². The molecule has 7 aromatic rings. The number of ether oxygens (including phenoxy) is 1. The Hall–Kier alpha value is -6.49. The van der Waals surface area contributed by atoms with E-state index in [0.717, 1.165) is 77.7 Å². The van der Waals surface area contributed by atoms with Crippen LogP contribution in [-0.4, -0.2) is 0 Å². The van der Waals surface area contributed by atoms with Crippen molar-refractivity contribution in [3.63, 3.8) is 0 Å². The summed E-state index contributed by atoms with van der Waals surface area (Å²) in [6.07, 6.45) is 5.61. The highest BCUT2D eigenvalue weighted by Gasteiger charge is 2.20. The van der Waals surface area contributed by atoms with Crippen LogP contribution in [0.2, 0.25) is 0 Å². The lowest BCUT2D eigenvalue weighted by Crippen LogP contribution is -2.14. The molecule has 3 nitrogen and oxygen atoms in total. The Morgan fingerprint density at radius 3 is 1.31 bits per heavy atom. The van der Waals surface area contributed by atoms with Gasteiger partial charge in [-0.15, -0.1) is 0 Å². The number of nitrogens with zero attached hydrogens (tertiary/aromatic N) is 2. The minimum atomic E-state index is 0.863. The van der Waals surface area contributed by atoms with E-state index in [9.17, 15) is 0 Å². The third kappa shape index (κ3) is 7.66. The highest BCUT2D eigenvalue weighted by Crippen LogP contribution is 2.49. The largest absolute Gasteiger partial charge is 0.455 e. The van der Waals surface area contributed by atoms with Crippen molar-refractivity contribution in [2.24, 2.45) is 0 Å². The van der Waals surface area contributed by atoms with Crippen molar-refractivity contribution >= 4 is 40.2 Å². The molecule has 0 radical (unpaired) electrons. The molecule has 1 aliphatic heterocycles. The lowest BCUT2D eigenvalue weighted by atomic mass is 10.0. The summed E-state index contributed by atoms with van der Waals surface area (Å²) in [4.78, 5) is 6.66. The van der Waals surface area contributed by atoms with E-state index in [2.05, 4.69) is 169 Å². The first-order chi connectivity index (χ1) is 26.7. The van der Waals surface area contributed by atoms with E-state index in [4.69, 9.17) is 4.74 Å². The van der Waals surface area contributed by atoms with Gasteiger partial charge in [-0.3, -0.25) is 0 Å². The molecule has 1 heterocycles. The molecular formula is C50H42N2OS. The second-order valence-electron chi connectivity index (χ2n) is 12.3. The fourth-order valence-corrected chi connectivity index (χ4v) is 7.44. The Labute approximate surface area is 323 Å². The molecule has 8 rings (SSSR count). The number of allylic oxidation sites excluding steroid dienone is 3. The van der Waals surface area contributed by atoms with Crippen molar-refractivity contribution in [1.29, 1.82) is 0 Å². The van der Waals surface area contributed by atoms with E-state index in [0.29, 0.717) is 0 Å². The third-order valence-corrected chi connectivity index (χ3v) is 10.2. The van der Waals surface area contributed by atoms with Crippen LogP contribution in [0.15, 0.2) is 223 Å². The monoisotopic (exact) mass is 718 g/mol. The van der Waals surface area contributed by atoms with Gasteiger partial charge in [0.15, 0.2) is 0 Å². The van der Waals surface area contributed by atoms with E-state index in [1.54, 1.807) is 17.8 Å². The molecule has 0 saturated carbocycles. The van der Waals surface area contributed by atoms with Gasteiger partial charge in [-0.2, -0.15) is 0 Å². The van der Waals surface area contributed by atoms with Crippen LogP contribution >= 0.6 is 11.8 Å². The van der Waals surface area contributed by atoms with Gasteiger partial charge in [0.25, 0.3) is 0 Å². The SMILES string of the molecule is C=C/C=C(\C=C)N(c1ccccc1)c1ccc(-c2ccc3c(c2)Oc2cc(-c4ccc(N(c5ccccc5)c5ccccc5)cc4)ccc2S3)cc1.CC. The molecule has 0 fully saturated rings. The summed E-state index contributed by atoms with van der Waals surface area (Å²) in [7, 11) is 0. The average molecular weight is 719 g/mol. The van der Waals surface area contributed by atoms with Gasteiger partial charge in [0.05, 0.1) is 9.79 Å². The van der Waals surface area contributed by atoms with Crippen LogP contribution in [0.4, 0.5) is 28.4 Å². The molecule has 0 bridgehead atoms. The quantitative estimate of drug-likeness (QED) is 0.131.